The molecule has 0 unspecified atom stereocenters. The number of aryl methyl sites for hydroxylation is 1. The SMILES string of the molecule is COCCN1CCO[C@@H]2CN(S(=O)(=O)c3cn(C)cn3)CC[C@@H]2C1.O=C(O)C(F)(F)F. The highest BCUT2D eigenvalue weighted by molar-refractivity contribution is 7.89. The second kappa shape index (κ2) is 10.7. The highest BCUT2D eigenvalue weighted by Crippen LogP contribution is 2.27. The van der Waals surface area contributed by atoms with E-state index >= 15 is 0 Å². The van der Waals surface area contributed by atoms with Crippen molar-refractivity contribution in [2.45, 2.75) is 23.7 Å². The molecule has 3 heterocycles. The second-order valence-electron chi connectivity index (χ2n) is 7.29. The van der Waals surface area contributed by atoms with E-state index < -0.39 is 22.2 Å². The van der Waals surface area contributed by atoms with Crippen LogP contribution in [0.4, 0.5) is 13.2 Å². The standard InChI is InChI=1S/C15H26N4O4S.C2HF3O2/c1-17-11-15(16-12-17)24(20,21)19-4-3-13-9-18(5-7-22-2)6-8-23-14(13)10-19;3-2(4,5)1(6)7/h11-14H,3-10H2,1-2H3;(H,6,7)/t13-,14-;/m1./s1. The number of carbonyl (C=O) groups is 1. The van der Waals surface area contributed by atoms with Gasteiger partial charge in [0.2, 0.25) is 0 Å². The van der Waals surface area contributed by atoms with E-state index in [0.29, 0.717) is 32.2 Å². The molecule has 2 saturated heterocycles. The predicted molar refractivity (Wildman–Crippen MR) is 102 cm³/mol. The first kappa shape index (κ1) is 25.5. The van der Waals surface area contributed by atoms with Crippen molar-refractivity contribution < 1.29 is 41.0 Å². The number of methoxy groups -OCH3 is 1. The van der Waals surface area contributed by atoms with Gasteiger partial charge < -0.3 is 19.1 Å². The Labute approximate surface area is 178 Å². The molecule has 0 aromatic carbocycles. The number of aliphatic carboxylic acids is 1. The Morgan fingerprint density at radius 1 is 1.35 bits per heavy atom. The summed E-state index contributed by atoms with van der Waals surface area (Å²) in [5, 5.41) is 7.23. The van der Waals surface area contributed by atoms with Crippen LogP contribution in [0, 0.1) is 5.92 Å². The van der Waals surface area contributed by atoms with Gasteiger partial charge in [-0.3, -0.25) is 4.90 Å². The Morgan fingerprint density at radius 2 is 2.03 bits per heavy atom. The van der Waals surface area contributed by atoms with Gasteiger partial charge >= 0.3 is 12.1 Å². The van der Waals surface area contributed by atoms with Gasteiger partial charge in [0.25, 0.3) is 10.0 Å². The maximum atomic E-state index is 12.7. The van der Waals surface area contributed by atoms with E-state index in [2.05, 4.69) is 9.88 Å². The van der Waals surface area contributed by atoms with Crippen LogP contribution in [0.5, 0.6) is 0 Å². The molecule has 0 amide bonds. The average molecular weight is 472 g/mol. The summed E-state index contributed by atoms with van der Waals surface area (Å²) in [6.07, 6.45) is -1.28. The molecule has 3 rings (SSSR count). The second-order valence-corrected chi connectivity index (χ2v) is 9.18. The number of fused-ring (bicyclic) bond motifs is 1. The number of hydrogen-bond acceptors (Lipinski definition) is 7. The number of piperidine rings is 1. The van der Waals surface area contributed by atoms with Gasteiger partial charge in [0, 0.05) is 59.0 Å². The minimum atomic E-state index is -5.08. The Bertz CT molecular complexity index is 832. The number of carboxylic acid groups (broad SMARTS) is 1. The fraction of sp³-hybridized carbons (Fsp3) is 0.765. The van der Waals surface area contributed by atoms with E-state index in [0.717, 1.165) is 26.1 Å². The molecule has 2 fully saturated rings. The predicted octanol–water partition coefficient (Wildman–Crippen LogP) is 0.411. The molecule has 31 heavy (non-hydrogen) atoms. The summed E-state index contributed by atoms with van der Waals surface area (Å²) in [5.74, 6) is -2.40. The largest absolute Gasteiger partial charge is 0.490 e. The molecule has 178 valence electrons. The van der Waals surface area contributed by atoms with Crippen LogP contribution in [0.2, 0.25) is 0 Å². The Balaban J connectivity index is 0.000000423. The normalized spacial score (nSPS) is 23.4. The van der Waals surface area contributed by atoms with Gasteiger partial charge in [-0.2, -0.15) is 17.5 Å². The third-order valence-electron chi connectivity index (χ3n) is 5.03. The van der Waals surface area contributed by atoms with Crippen LogP contribution in [-0.4, -0.2) is 104 Å². The molecule has 10 nitrogen and oxygen atoms in total. The first-order valence-corrected chi connectivity index (χ1v) is 11.0. The average Bonchev–Trinajstić information content (AvgIpc) is 3.03. The molecule has 0 bridgehead atoms. The molecule has 2 aliphatic heterocycles. The summed E-state index contributed by atoms with van der Waals surface area (Å²) >= 11 is 0. The summed E-state index contributed by atoms with van der Waals surface area (Å²) in [6.45, 7) is 4.94. The van der Waals surface area contributed by atoms with Crippen molar-refractivity contribution in [3.63, 3.8) is 0 Å². The van der Waals surface area contributed by atoms with Gasteiger partial charge in [-0.25, -0.2) is 18.2 Å². The van der Waals surface area contributed by atoms with Crippen molar-refractivity contribution in [1.82, 2.24) is 18.8 Å². The maximum absolute atomic E-state index is 12.7. The van der Waals surface area contributed by atoms with Gasteiger partial charge in [-0.05, 0) is 6.42 Å². The van der Waals surface area contributed by atoms with E-state index in [9.17, 15) is 21.6 Å². The fourth-order valence-corrected chi connectivity index (χ4v) is 4.82. The van der Waals surface area contributed by atoms with Gasteiger partial charge in [0.15, 0.2) is 5.03 Å². The van der Waals surface area contributed by atoms with E-state index in [1.807, 2.05) is 0 Å². The summed E-state index contributed by atoms with van der Waals surface area (Å²) in [5.41, 5.74) is 0. The molecule has 0 aliphatic carbocycles. The molecule has 14 heteroatoms. The van der Waals surface area contributed by atoms with Crippen LogP contribution >= 0.6 is 0 Å². The van der Waals surface area contributed by atoms with Crippen LogP contribution in [0.15, 0.2) is 17.6 Å². The third-order valence-corrected chi connectivity index (χ3v) is 6.78. The van der Waals surface area contributed by atoms with Crippen molar-refractivity contribution in [1.29, 1.82) is 0 Å². The number of nitrogens with zero attached hydrogens (tertiary/aromatic N) is 4. The van der Waals surface area contributed by atoms with Crippen LogP contribution in [0.1, 0.15) is 6.42 Å². The molecule has 1 aromatic heterocycles. The summed E-state index contributed by atoms with van der Waals surface area (Å²) in [7, 11) is -0.0720. The quantitative estimate of drug-likeness (QED) is 0.656. The van der Waals surface area contributed by atoms with E-state index in [-0.39, 0.29) is 11.1 Å². The van der Waals surface area contributed by atoms with Crippen molar-refractivity contribution in [3.8, 4) is 0 Å². The minimum absolute atomic E-state index is 0.0511. The number of ether oxygens (including phenoxy) is 2. The molecule has 0 saturated carbocycles. The monoisotopic (exact) mass is 472 g/mol. The lowest BCUT2D eigenvalue weighted by atomic mass is 9.94. The lowest BCUT2D eigenvalue weighted by molar-refractivity contribution is -0.192. The summed E-state index contributed by atoms with van der Waals surface area (Å²) < 4.78 is 71.5. The molecule has 1 N–H and O–H groups in total. The minimum Gasteiger partial charge on any atom is -0.475 e. The van der Waals surface area contributed by atoms with Crippen molar-refractivity contribution in [2.24, 2.45) is 13.0 Å². The lowest BCUT2D eigenvalue weighted by Crippen LogP contribution is -2.49. The van der Waals surface area contributed by atoms with Gasteiger partial charge in [-0.1, -0.05) is 0 Å². The van der Waals surface area contributed by atoms with E-state index in [1.165, 1.54) is 10.6 Å². The van der Waals surface area contributed by atoms with E-state index in [1.54, 1.807) is 24.9 Å². The molecule has 0 spiro atoms. The van der Waals surface area contributed by atoms with Gasteiger partial charge in [0.05, 0.1) is 25.6 Å². The highest BCUT2D eigenvalue weighted by Gasteiger charge is 2.39. The molecule has 2 atom stereocenters. The lowest BCUT2D eigenvalue weighted by Gasteiger charge is -2.36. The number of aromatic nitrogens is 2. The number of hydrogen-bond donors (Lipinski definition) is 1. The molecule has 0 radical (unpaired) electrons. The number of rotatable bonds is 5. The van der Waals surface area contributed by atoms with Crippen molar-refractivity contribution in [2.75, 3.05) is 53.0 Å². The van der Waals surface area contributed by atoms with Crippen LogP contribution in [0.3, 0.4) is 0 Å². The maximum Gasteiger partial charge on any atom is 0.490 e. The molecular formula is C17H27F3N4O6S. The van der Waals surface area contributed by atoms with Crippen LogP contribution < -0.4 is 0 Å². The summed E-state index contributed by atoms with van der Waals surface area (Å²) in [4.78, 5) is 15.2. The number of alkyl halides is 3. The molecule has 1 aromatic rings. The third kappa shape index (κ3) is 7.14. The Morgan fingerprint density at radius 3 is 2.58 bits per heavy atom. The van der Waals surface area contributed by atoms with Gasteiger partial charge in [0.1, 0.15) is 0 Å². The Kier molecular flexibility index (Phi) is 8.83. The number of carboxylic acids is 1. The fourth-order valence-electron chi connectivity index (χ4n) is 3.39. The highest BCUT2D eigenvalue weighted by atomic mass is 32.2. The molecular weight excluding hydrogens is 445 g/mol. The topological polar surface area (TPSA) is 114 Å². The number of imidazole rings is 1. The first-order chi connectivity index (χ1) is 14.4. The van der Waals surface area contributed by atoms with E-state index in [4.69, 9.17) is 19.4 Å². The smallest absolute Gasteiger partial charge is 0.475 e. The zero-order valence-electron chi connectivity index (χ0n) is 17.3. The van der Waals surface area contributed by atoms with Crippen molar-refractivity contribution >= 4 is 16.0 Å². The molecule has 2 aliphatic rings. The Hall–Kier alpha value is -1.74. The zero-order chi connectivity index (χ0) is 23.2. The number of sulfonamides is 1. The first-order valence-electron chi connectivity index (χ1n) is 9.56. The summed E-state index contributed by atoms with van der Waals surface area (Å²) in [6, 6.07) is 0. The van der Waals surface area contributed by atoms with Gasteiger partial charge in [-0.15, -0.1) is 0 Å². The van der Waals surface area contributed by atoms with Crippen molar-refractivity contribution in [3.05, 3.63) is 12.5 Å². The van der Waals surface area contributed by atoms with Crippen LogP contribution in [-0.2, 0) is 31.3 Å². The zero-order valence-corrected chi connectivity index (χ0v) is 18.1. The number of halogens is 3. The van der Waals surface area contributed by atoms with Crippen LogP contribution in [0.25, 0.3) is 0 Å².